The van der Waals surface area contributed by atoms with Crippen LogP contribution in [0.4, 0.5) is 0 Å². The van der Waals surface area contributed by atoms with Crippen LogP contribution in [-0.4, -0.2) is 19.1 Å². The van der Waals surface area contributed by atoms with E-state index in [1.807, 2.05) is 0 Å². The topological polar surface area (TPSA) is 52.3 Å². The molecule has 0 rings (SSSR count). The molecule has 3 nitrogen and oxygen atoms in total. The number of allylic oxidation sites excluding steroid dienone is 1. The standard InChI is InChI=1S/C7H13NO2.ClH/c1-3-4-5-6(8)7(9)10-2;/h3,6H,1,4-5,8H2,2H3;1H/t6-;/m0./s1. The first-order valence-corrected chi connectivity index (χ1v) is 3.16. The fourth-order valence-electron chi connectivity index (χ4n) is 0.567. The Bertz CT molecular complexity index is 128. The van der Waals surface area contributed by atoms with E-state index < -0.39 is 6.04 Å². The van der Waals surface area contributed by atoms with E-state index in [4.69, 9.17) is 5.73 Å². The fraction of sp³-hybridized carbons (Fsp3) is 0.571. The number of rotatable bonds is 4. The van der Waals surface area contributed by atoms with Gasteiger partial charge in [0.05, 0.1) is 7.11 Å². The maximum absolute atomic E-state index is 10.6. The molecule has 0 aromatic carbocycles. The second-order valence-corrected chi connectivity index (χ2v) is 2.00. The van der Waals surface area contributed by atoms with E-state index >= 15 is 0 Å². The van der Waals surface area contributed by atoms with Gasteiger partial charge in [0, 0.05) is 0 Å². The van der Waals surface area contributed by atoms with Crippen molar-refractivity contribution in [1.82, 2.24) is 0 Å². The molecule has 11 heavy (non-hydrogen) atoms. The van der Waals surface area contributed by atoms with Gasteiger partial charge in [-0.25, -0.2) is 0 Å². The molecule has 0 aliphatic rings. The van der Waals surface area contributed by atoms with E-state index in [1.165, 1.54) is 7.11 Å². The summed E-state index contributed by atoms with van der Waals surface area (Å²) in [6, 6.07) is -0.497. The van der Waals surface area contributed by atoms with Gasteiger partial charge in [-0.15, -0.1) is 19.0 Å². The van der Waals surface area contributed by atoms with Gasteiger partial charge in [0.25, 0.3) is 0 Å². The molecular formula is C7H14ClNO2. The molecule has 0 aliphatic heterocycles. The van der Waals surface area contributed by atoms with E-state index in [9.17, 15) is 4.79 Å². The Hall–Kier alpha value is -0.540. The summed E-state index contributed by atoms with van der Waals surface area (Å²) in [6.45, 7) is 3.51. The van der Waals surface area contributed by atoms with Crippen LogP contribution in [0.2, 0.25) is 0 Å². The number of esters is 1. The van der Waals surface area contributed by atoms with Crippen LogP contribution in [0.25, 0.3) is 0 Å². The Kier molecular flexibility index (Phi) is 9.00. The maximum Gasteiger partial charge on any atom is 0.322 e. The number of halogens is 1. The first kappa shape index (κ1) is 13.1. The van der Waals surface area contributed by atoms with Crippen molar-refractivity contribution in [2.24, 2.45) is 5.73 Å². The van der Waals surface area contributed by atoms with Crippen LogP contribution < -0.4 is 5.73 Å². The lowest BCUT2D eigenvalue weighted by Gasteiger charge is -2.05. The minimum absolute atomic E-state index is 0. The number of carbonyl (C=O) groups is 1. The summed E-state index contributed by atoms with van der Waals surface area (Å²) in [6.07, 6.45) is 3.08. The highest BCUT2D eigenvalue weighted by Gasteiger charge is 2.11. The van der Waals surface area contributed by atoms with Gasteiger partial charge < -0.3 is 10.5 Å². The zero-order valence-electron chi connectivity index (χ0n) is 6.58. The highest BCUT2D eigenvalue weighted by Crippen LogP contribution is 1.95. The second-order valence-electron chi connectivity index (χ2n) is 2.00. The molecule has 66 valence electrons. The van der Waals surface area contributed by atoms with Crippen LogP contribution >= 0.6 is 12.4 Å². The molecule has 0 aliphatic carbocycles. The van der Waals surface area contributed by atoms with Crippen LogP contribution in [0.3, 0.4) is 0 Å². The third-order valence-electron chi connectivity index (χ3n) is 1.19. The van der Waals surface area contributed by atoms with Crippen molar-refractivity contribution < 1.29 is 9.53 Å². The summed E-state index contributed by atoms with van der Waals surface area (Å²) in [5.41, 5.74) is 5.39. The summed E-state index contributed by atoms with van der Waals surface area (Å²) < 4.78 is 4.41. The van der Waals surface area contributed by atoms with Gasteiger partial charge in [-0.3, -0.25) is 4.79 Å². The van der Waals surface area contributed by atoms with Gasteiger partial charge in [0.15, 0.2) is 0 Å². The van der Waals surface area contributed by atoms with Crippen molar-refractivity contribution >= 4 is 18.4 Å². The fourth-order valence-corrected chi connectivity index (χ4v) is 0.567. The van der Waals surface area contributed by atoms with E-state index in [0.717, 1.165) is 6.42 Å². The Balaban J connectivity index is 0. The van der Waals surface area contributed by atoms with Gasteiger partial charge in [-0.2, -0.15) is 0 Å². The Labute approximate surface area is 73.0 Å². The van der Waals surface area contributed by atoms with Crippen LogP contribution in [-0.2, 0) is 9.53 Å². The molecule has 0 saturated carbocycles. The third-order valence-corrected chi connectivity index (χ3v) is 1.19. The SMILES string of the molecule is C=CCC[C@H](N)C(=O)OC.Cl. The molecule has 0 unspecified atom stereocenters. The van der Waals surface area contributed by atoms with E-state index in [0.29, 0.717) is 6.42 Å². The van der Waals surface area contributed by atoms with E-state index in [2.05, 4.69) is 11.3 Å². The van der Waals surface area contributed by atoms with Crippen LogP contribution in [0.5, 0.6) is 0 Å². The summed E-state index contributed by atoms with van der Waals surface area (Å²) >= 11 is 0. The predicted molar refractivity (Wildman–Crippen MR) is 46.7 cm³/mol. The number of methoxy groups -OCH3 is 1. The first-order valence-electron chi connectivity index (χ1n) is 3.16. The molecular weight excluding hydrogens is 166 g/mol. The van der Waals surface area contributed by atoms with Crippen molar-refractivity contribution in [3.8, 4) is 0 Å². The average molecular weight is 180 g/mol. The molecule has 0 aromatic rings. The Morgan fingerprint density at radius 2 is 2.36 bits per heavy atom. The number of carbonyl (C=O) groups excluding carboxylic acids is 1. The van der Waals surface area contributed by atoms with Crippen molar-refractivity contribution in [2.45, 2.75) is 18.9 Å². The van der Waals surface area contributed by atoms with Crippen molar-refractivity contribution in [3.05, 3.63) is 12.7 Å². The minimum atomic E-state index is -0.497. The van der Waals surface area contributed by atoms with Crippen molar-refractivity contribution in [2.75, 3.05) is 7.11 Å². The van der Waals surface area contributed by atoms with E-state index in [-0.39, 0.29) is 18.4 Å². The largest absolute Gasteiger partial charge is 0.468 e. The molecule has 4 heteroatoms. The number of ether oxygens (including phenoxy) is 1. The summed E-state index contributed by atoms with van der Waals surface area (Å²) in [4.78, 5) is 10.6. The molecule has 0 amide bonds. The molecule has 0 heterocycles. The lowest BCUT2D eigenvalue weighted by Crippen LogP contribution is -2.31. The van der Waals surface area contributed by atoms with Gasteiger partial charge in [-0.1, -0.05) is 6.08 Å². The number of hydrogen-bond acceptors (Lipinski definition) is 3. The molecule has 0 fully saturated rings. The molecule has 1 atom stereocenters. The van der Waals surface area contributed by atoms with Gasteiger partial charge >= 0.3 is 5.97 Å². The van der Waals surface area contributed by atoms with Gasteiger partial charge in [0.2, 0.25) is 0 Å². The molecule has 0 saturated heterocycles. The highest BCUT2D eigenvalue weighted by molar-refractivity contribution is 5.85. The van der Waals surface area contributed by atoms with Crippen molar-refractivity contribution in [3.63, 3.8) is 0 Å². The number of nitrogens with two attached hydrogens (primary N) is 1. The minimum Gasteiger partial charge on any atom is -0.468 e. The molecule has 0 spiro atoms. The van der Waals surface area contributed by atoms with Gasteiger partial charge in [-0.05, 0) is 12.8 Å². The molecule has 2 N–H and O–H groups in total. The normalized spacial score (nSPS) is 11.1. The third kappa shape index (κ3) is 5.88. The monoisotopic (exact) mass is 179 g/mol. The van der Waals surface area contributed by atoms with E-state index in [1.54, 1.807) is 6.08 Å². The maximum atomic E-state index is 10.6. The van der Waals surface area contributed by atoms with Gasteiger partial charge in [0.1, 0.15) is 6.04 Å². The van der Waals surface area contributed by atoms with Crippen molar-refractivity contribution in [1.29, 1.82) is 0 Å². The summed E-state index contributed by atoms with van der Waals surface area (Å²) in [5, 5.41) is 0. The first-order chi connectivity index (χ1) is 4.72. The Morgan fingerprint density at radius 3 is 2.73 bits per heavy atom. The average Bonchev–Trinajstić information content (AvgIpc) is 1.98. The summed E-state index contributed by atoms with van der Waals surface area (Å²) in [7, 11) is 1.33. The zero-order valence-corrected chi connectivity index (χ0v) is 7.39. The highest BCUT2D eigenvalue weighted by atomic mass is 35.5. The molecule has 0 radical (unpaired) electrons. The van der Waals surface area contributed by atoms with Crippen LogP contribution in [0.1, 0.15) is 12.8 Å². The molecule has 0 bridgehead atoms. The zero-order chi connectivity index (χ0) is 7.98. The predicted octanol–water partition coefficient (Wildman–Crippen LogP) is 0.875. The number of hydrogen-bond donors (Lipinski definition) is 1. The molecule has 0 aromatic heterocycles. The lowest BCUT2D eigenvalue weighted by atomic mass is 10.2. The van der Waals surface area contributed by atoms with Crippen LogP contribution in [0.15, 0.2) is 12.7 Å². The second kappa shape index (κ2) is 7.57. The van der Waals surface area contributed by atoms with Crippen LogP contribution in [0, 0.1) is 0 Å². The quantitative estimate of drug-likeness (QED) is 0.515. The Morgan fingerprint density at radius 1 is 1.82 bits per heavy atom. The smallest absolute Gasteiger partial charge is 0.322 e. The summed E-state index contributed by atoms with van der Waals surface area (Å²) in [5.74, 6) is -0.359. The lowest BCUT2D eigenvalue weighted by molar-refractivity contribution is -0.142.